The average molecular weight is 293 g/mol. The Balaban J connectivity index is 1.91. The first kappa shape index (κ1) is 14.2. The fourth-order valence-corrected chi connectivity index (χ4v) is 5.43. The largest absolute Gasteiger partial charge is 0.537 e. The zero-order valence-electron chi connectivity index (χ0n) is 12.2. The van der Waals surface area contributed by atoms with Gasteiger partial charge in [0.2, 0.25) is 0 Å². The van der Waals surface area contributed by atoms with Crippen LogP contribution in [0, 0.1) is 5.92 Å². The van der Waals surface area contributed by atoms with E-state index in [0.717, 1.165) is 18.3 Å². The van der Waals surface area contributed by atoms with Gasteiger partial charge < -0.3 is 13.3 Å². The molecule has 0 N–H and O–H groups in total. The van der Waals surface area contributed by atoms with Gasteiger partial charge in [0.25, 0.3) is 0 Å². The minimum absolute atomic E-state index is 0.457. The Morgan fingerprint density at radius 2 is 1.70 bits per heavy atom. The highest BCUT2D eigenvalue weighted by atomic mass is 28.4. The van der Waals surface area contributed by atoms with E-state index in [0.29, 0.717) is 31.8 Å². The maximum Gasteiger partial charge on any atom is 0.537 e. The van der Waals surface area contributed by atoms with Crippen molar-refractivity contribution >= 4 is 14.0 Å². The average Bonchev–Trinajstić information content (AvgIpc) is 2.38. The van der Waals surface area contributed by atoms with Gasteiger partial charge in [-0.15, -0.1) is 0 Å². The van der Waals surface area contributed by atoms with Crippen molar-refractivity contribution in [3.8, 4) is 0 Å². The normalized spacial score (nSPS) is 34.5. The van der Waals surface area contributed by atoms with Crippen LogP contribution in [0.2, 0.25) is 0 Å². The third-order valence-electron chi connectivity index (χ3n) is 4.15. The molecule has 1 atom stereocenters. The monoisotopic (exact) mass is 293 g/mol. The van der Waals surface area contributed by atoms with Gasteiger partial charge >= 0.3 is 8.80 Å². The highest BCUT2D eigenvalue weighted by molar-refractivity contribution is 6.75. The molecule has 3 aliphatic rings. The summed E-state index contributed by atoms with van der Waals surface area (Å²) < 4.78 is 18.5. The molecule has 0 radical (unpaired) electrons. The van der Waals surface area contributed by atoms with Crippen LogP contribution in [0.4, 0.5) is 0 Å². The molecule has 1 aromatic carbocycles. The SMILES string of the molecule is CC(C)[C@H]1CO[Si]2(c3ccccc3)OCCN1CCO2. The van der Waals surface area contributed by atoms with Gasteiger partial charge in [0.15, 0.2) is 0 Å². The van der Waals surface area contributed by atoms with Crippen LogP contribution >= 0.6 is 0 Å². The summed E-state index contributed by atoms with van der Waals surface area (Å²) in [5.41, 5.74) is 0. The summed E-state index contributed by atoms with van der Waals surface area (Å²) in [5.74, 6) is 0.577. The lowest BCUT2D eigenvalue weighted by molar-refractivity contribution is -0.0361. The molecule has 3 fully saturated rings. The Hall–Kier alpha value is -0.723. The second kappa shape index (κ2) is 5.95. The van der Waals surface area contributed by atoms with Crippen molar-refractivity contribution in [2.45, 2.75) is 19.9 Å². The lowest BCUT2D eigenvalue weighted by atomic mass is 10.0. The van der Waals surface area contributed by atoms with Crippen LogP contribution in [0.5, 0.6) is 0 Å². The van der Waals surface area contributed by atoms with Crippen molar-refractivity contribution < 1.29 is 13.3 Å². The quantitative estimate of drug-likeness (QED) is 0.768. The van der Waals surface area contributed by atoms with E-state index in [4.69, 9.17) is 13.3 Å². The van der Waals surface area contributed by atoms with E-state index < -0.39 is 8.80 Å². The molecule has 0 saturated carbocycles. The van der Waals surface area contributed by atoms with Crippen LogP contribution < -0.4 is 5.19 Å². The van der Waals surface area contributed by atoms with E-state index in [1.807, 2.05) is 18.2 Å². The summed E-state index contributed by atoms with van der Waals surface area (Å²) >= 11 is 0. The maximum absolute atomic E-state index is 6.25. The van der Waals surface area contributed by atoms with Crippen molar-refractivity contribution in [2.75, 3.05) is 32.9 Å². The van der Waals surface area contributed by atoms with E-state index in [1.165, 1.54) is 0 Å². The van der Waals surface area contributed by atoms with E-state index in [9.17, 15) is 0 Å². The number of nitrogens with zero attached hydrogens (tertiary/aromatic N) is 1. The first-order valence-corrected chi connectivity index (χ1v) is 9.15. The first-order valence-electron chi connectivity index (χ1n) is 7.43. The third-order valence-corrected chi connectivity index (χ3v) is 6.91. The fourth-order valence-electron chi connectivity index (χ4n) is 2.97. The van der Waals surface area contributed by atoms with Crippen LogP contribution in [-0.4, -0.2) is 52.7 Å². The standard InChI is InChI=1S/C15H23NO3Si/c1-13(2)15-12-19-20(14-6-4-3-5-7-14)17-10-8-16(15)9-11-18-20/h3-7,13,15H,8-12H2,1-2H3/t15-/m1/s1. The molecule has 20 heavy (non-hydrogen) atoms. The fraction of sp³-hybridized carbons (Fsp3) is 0.600. The lowest BCUT2D eigenvalue weighted by Crippen LogP contribution is -2.64. The minimum Gasteiger partial charge on any atom is -0.369 e. The molecule has 0 unspecified atom stereocenters. The molecule has 0 aliphatic carbocycles. The van der Waals surface area contributed by atoms with Crippen molar-refractivity contribution in [3.63, 3.8) is 0 Å². The Kier molecular flexibility index (Phi) is 4.23. The second-order valence-electron chi connectivity index (χ2n) is 5.78. The third kappa shape index (κ3) is 2.69. The number of hydrogen-bond donors (Lipinski definition) is 0. The van der Waals surface area contributed by atoms with Gasteiger partial charge in [0.05, 0.1) is 19.8 Å². The number of fused-ring (bicyclic) bond motifs is 6. The number of benzene rings is 1. The summed E-state index contributed by atoms with van der Waals surface area (Å²) in [7, 11) is -2.72. The van der Waals surface area contributed by atoms with E-state index in [-0.39, 0.29) is 0 Å². The van der Waals surface area contributed by atoms with E-state index in [2.05, 4.69) is 30.9 Å². The van der Waals surface area contributed by atoms with Crippen molar-refractivity contribution in [1.29, 1.82) is 0 Å². The van der Waals surface area contributed by atoms with Crippen molar-refractivity contribution in [1.82, 2.24) is 4.90 Å². The van der Waals surface area contributed by atoms with Crippen molar-refractivity contribution in [2.24, 2.45) is 5.92 Å². The molecule has 0 aromatic heterocycles. The first-order chi connectivity index (χ1) is 9.71. The molecule has 4 rings (SSSR count). The van der Waals surface area contributed by atoms with Crippen molar-refractivity contribution in [3.05, 3.63) is 30.3 Å². The van der Waals surface area contributed by atoms with Crippen LogP contribution in [0.15, 0.2) is 30.3 Å². The molecule has 1 aromatic rings. The zero-order valence-corrected chi connectivity index (χ0v) is 13.2. The Labute approximate surface area is 122 Å². The Morgan fingerprint density at radius 3 is 2.30 bits per heavy atom. The molecule has 5 heteroatoms. The molecule has 3 heterocycles. The topological polar surface area (TPSA) is 30.9 Å². The predicted octanol–water partition coefficient (Wildman–Crippen LogP) is 1.24. The van der Waals surface area contributed by atoms with E-state index in [1.54, 1.807) is 0 Å². The maximum atomic E-state index is 6.25. The van der Waals surface area contributed by atoms with Gasteiger partial charge in [0, 0.05) is 24.3 Å². The molecule has 4 nitrogen and oxygen atoms in total. The summed E-state index contributed by atoms with van der Waals surface area (Å²) in [6.45, 7) is 8.52. The molecule has 3 saturated heterocycles. The highest BCUT2D eigenvalue weighted by Gasteiger charge is 2.47. The van der Waals surface area contributed by atoms with Crippen LogP contribution in [0.3, 0.4) is 0 Å². The number of hydrogen-bond acceptors (Lipinski definition) is 4. The smallest absolute Gasteiger partial charge is 0.369 e. The van der Waals surface area contributed by atoms with Crippen LogP contribution in [0.25, 0.3) is 0 Å². The number of rotatable bonds is 2. The lowest BCUT2D eigenvalue weighted by Gasteiger charge is -2.43. The van der Waals surface area contributed by atoms with E-state index >= 15 is 0 Å². The van der Waals surface area contributed by atoms with Gasteiger partial charge in [0.1, 0.15) is 0 Å². The van der Waals surface area contributed by atoms with Gasteiger partial charge in [-0.1, -0.05) is 44.2 Å². The van der Waals surface area contributed by atoms with Gasteiger partial charge in [-0.05, 0) is 5.92 Å². The highest BCUT2D eigenvalue weighted by Crippen LogP contribution is 2.22. The second-order valence-corrected chi connectivity index (χ2v) is 8.33. The van der Waals surface area contributed by atoms with Gasteiger partial charge in [-0.25, -0.2) is 0 Å². The zero-order chi connectivity index (χ0) is 14.0. The Bertz CT molecular complexity index is 430. The summed E-state index contributed by atoms with van der Waals surface area (Å²) in [4.78, 5) is 2.44. The summed E-state index contributed by atoms with van der Waals surface area (Å²) in [6.07, 6.45) is 0. The molecule has 0 amide bonds. The van der Waals surface area contributed by atoms with Crippen LogP contribution in [0.1, 0.15) is 13.8 Å². The molecule has 110 valence electrons. The minimum atomic E-state index is -2.72. The molecule has 3 aliphatic heterocycles. The molecule has 2 bridgehead atoms. The molecule has 0 spiro atoms. The molecular weight excluding hydrogens is 270 g/mol. The Morgan fingerprint density at radius 1 is 1.05 bits per heavy atom. The summed E-state index contributed by atoms with van der Waals surface area (Å²) in [6, 6.07) is 10.7. The van der Waals surface area contributed by atoms with Crippen LogP contribution in [-0.2, 0) is 13.3 Å². The molecular formula is C15H23NO3Si. The summed E-state index contributed by atoms with van der Waals surface area (Å²) in [5, 5.41) is 1.08. The predicted molar refractivity (Wildman–Crippen MR) is 79.9 cm³/mol. The van der Waals surface area contributed by atoms with Gasteiger partial charge in [-0.2, -0.15) is 0 Å². The van der Waals surface area contributed by atoms with Gasteiger partial charge in [-0.3, -0.25) is 4.90 Å².